The Morgan fingerprint density at radius 3 is 1.88 bits per heavy atom. The maximum Gasteiger partial charge on any atom is 0.510 e. The number of fused-ring (bicyclic) bond motifs is 1. The fourth-order valence-corrected chi connectivity index (χ4v) is 5.94. The van der Waals surface area contributed by atoms with Crippen LogP contribution in [-0.4, -0.2) is 92.2 Å². The number of ether oxygens (including phenoxy) is 5. The van der Waals surface area contributed by atoms with Gasteiger partial charge in [0, 0.05) is 12.2 Å². The number of imidazole rings is 1. The molecule has 49 heavy (non-hydrogen) atoms. The topological polar surface area (TPSA) is 260 Å². The molecule has 0 radical (unpaired) electrons. The summed E-state index contributed by atoms with van der Waals surface area (Å²) in [6.07, 6.45) is 9.83. The van der Waals surface area contributed by atoms with Crippen molar-refractivity contribution in [3.63, 3.8) is 0 Å². The van der Waals surface area contributed by atoms with Crippen LogP contribution in [0.25, 0.3) is 11.2 Å². The van der Waals surface area contributed by atoms with Crippen molar-refractivity contribution >= 4 is 48.8 Å². The Bertz CT molecular complexity index is 1400. The van der Waals surface area contributed by atoms with Crippen LogP contribution in [-0.2, 0) is 53.4 Å². The van der Waals surface area contributed by atoms with Crippen LogP contribution in [0, 0.1) is 0 Å². The standard InChI is InChI=1S/C25H38N5O10P.C4H4O4/c1-18(12-30-14-29-21-22(26)27-13-28-23(21)30)36-17-41(33,37-15-34-24(31)39-19-8-4-2-5-9-19)38-16-35-25(32)40-20-10-6-3-7-11-20;5-3(6)1-2-4(7)8/h13-14,18-20H,2-12,15-17H2,1H3,(H2,26,27,28);1-2H,(H,5,6)(H,7,8)/b;2-1+/t18-;/m0./s1. The third-order valence-electron chi connectivity index (χ3n) is 7.25. The number of hydrogen-bond acceptors (Lipinski definition) is 16. The van der Waals surface area contributed by atoms with Gasteiger partial charge in [0.15, 0.2) is 11.5 Å². The fourth-order valence-electron chi connectivity index (χ4n) is 4.85. The van der Waals surface area contributed by atoms with E-state index in [1.54, 1.807) is 17.8 Å². The number of nitrogens with zero attached hydrogens (tertiary/aromatic N) is 4. The molecule has 2 saturated carbocycles. The first-order chi connectivity index (χ1) is 23.4. The molecule has 20 heteroatoms. The number of carboxylic acid groups (broad SMARTS) is 2. The van der Waals surface area contributed by atoms with Gasteiger partial charge in [-0.25, -0.2) is 34.1 Å². The molecule has 19 nitrogen and oxygen atoms in total. The van der Waals surface area contributed by atoms with Crippen molar-refractivity contribution in [2.24, 2.45) is 0 Å². The number of nitrogens with two attached hydrogens (primary N) is 1. The van der Waals surface area contributed by atoms with Crippen molar-refractivity contribution in [1.29, 1.82) is 0 Å². The highest BCUT2D eigenvalue weighted by Gasteiger charge is 2.29. The van der Waals surface area contributed by atoms with Gasteiger partial charge in [-0.2, -0.15) is 0 Å². The normalized spacial score (nSPS) is 16.3. The summed E-state index contributed by atoms with van der Waals surface area (Å²) in [5.41, 5.74) is 6.80. The Hall–Kier alpha value is -4.32. The van der Waals surface area contributed by atoms with Gasteiger partial charge in [0.05, 0.1) is 19.0 Å². The number of aliphatic carboxylic acids is 2. The van der Waals surface area contributed by atoms with Gasteiger partial charge in [-0.15, -0.1) is 0 Å². The van der Waals surface area contributed by atoms with E-state index in [1.807, 2.05) is 0 Å². The number of hydrogen-bond donors (Lipinski definition) is 3. The Labute approximate surface area is 281 Å². The van der Waals surface area contributed by atoms with Gasteiger partial charge in [0.25, 0.3) is 0 Å². The molecule has 272 valence electrons. The molecule has 0 aromatic carbocycles. The lowest BCUT2D eigenvalue weighted by atomic mass is 9.98. The van der Waals surface area contributed by atoms with Crippen molar-refractivity contribution in [2.75, 3.05) is 25.7 Å². The van der Waals surface area contributed by atoms with Crippen LogP contribution >= 0.6 is 7.60 Å². The highest BCUT2D eigenvalue weighted by molar-refractivity contribution is 7.53. The van der Waals surface area contributed by atoms with Gasteiger partial charge >= 0.3 is 31.8 Å². The summed E-state index contributed by atoms with van der Waals surface area (Å²) in [7, 11) is -4.08. The molecule has 2 aromatic rings. The van der Waals surface area contributed by atoms with E-state index in [0.717, 1.165) is 64.2 Å². The molecular weight excluding hydrogens is 673 g/mol. The Balaban J connectivity index is 0.000000723. The monoisotopic (exact) mass is 715 g/mol. The van der Waals surface area contributed by atoms with E-state index in [-0.39, 0.29) is 24.6 Å². The fraction of sp³-hybridized carbons (Fsp3) is 0.621. The summed E-state index contributed by atoms with van der Waals surface area (Å²) in [5, 5.41) is 15.6. The minimum Gasteiger partial charge on any atom is -0.478 e. The van der Waals surface area contributed by atoms with Crippen LogP contribution in [0.1, 0.15) is 71.1 Å². The van der Waals surface area contributed by atoms with E-state index in [4.69, 9.17) is 48.7 Å². The molecule has 2 aliphatic carbocycles. The molecule has 0 bridgehead atoms. The molecule has 4 rings (SSSR count). The van der Waals surface area contributed by atoms with Crippen molar-refractivity contribution in [3.8, 4) is 0 Å². The molecule has 1 atom stereocenters. The maximum atomic E-state index is 13.4. The molecule has 2 fully saturated rings. The van der Waals surface area contributed by atoms with Gasteiger partial charge in [0.2, 0.25) is 13.6 Å². The van der Waals surface area contributed by atoms with E-state index in [9.17, 15) is 23.7 Å². The van der Waals surface area contributed by atoms with Crippen LogP contribution in [0.3, 0.4) is 0 Å². The number of anilines is 1. The predicted octanol–water partition coefficient (Wildman–Crippen LogP) is 4.60. The summed E-state index contributed by atoms with van der Waals surface area (Å²) >= 11 is 0. The van der Waals surface area contributed by atoms with Gasteiger partial charge in [-0.3, -0.25) is 13.6 Å². The number of carbonyl (C=O) groups excluding carboxylic acids is 2. The van der Waals surface area contributed by atoms with Crippen molar-refractivity contribution in [3.05, 3.63) is 24.8 Å². The zero-order chi connectivity index (χ0) is 35.6. The van der Waals surface area contributed by atoms with Crippen molar-refractivity contribution < 1.29 is 66.7 Å². The first-order valence-corrected chi connectivity index (χ1v) is 17.4. The summed E-state index contributed by atoms with van der Waals surface area (Å²) in [4.78, 5) is 55.6. The number of carboxylic acids is 2. The smallest absolute Gasteiger partial charge is 0.478 e. The van der Waals surface area contributed by atoms with Crippen LogP contribution < -0.4 is 5.73 Å². The third-order valence-corrected chi connectivity index (χ3v) is 8.71. The number of rotatable bonds is 15. The highest BCUT2D eigenvalue weighted by atomic mass is 31.2. The molecular formula is C29H42N5O14P. The Morgan fingerprint density at radius 1 is 0.878 bits per heavy atom. The lowest BCUT2D eigenvalue weighted by molar-refractivity contribution is -0.134. The molecule has 4 N–H and O–H groups in total. The molecule has 2 aliphatic rings. The van der Waals surface area contributed by atoms with Crippen LogP contribution in [0.15, 0.2) is 24.8 Å². The largest absolute Gasteiger partial charge is 0.510 e. The van der Waals surface area contributed by atoms with Gasteiger partial charge < -0.3 is 44.2 Å². The van der Waals surface area contributed by atoms with Crippen molar-refractivity contribution in [1.82, 2.24) is 19.5 Å². The molecule has 0 saturated heterocycles. The minimum atomic E-state index is -4.08. The lowest BCUT2D eigenvalue weighted by Gasteiger charge is -2.23. The second-order valence-electron chi connectivity index (χ2n) is 11.1. The summed E-state index contributed by atoms with van der Waals surface area (Å²) in [6.45, 7) is 0.586. The van der Waals surface area contributed by atoms with Crippen LogP contribution in [0.4, 0.5) is 15.4 Å². The Kier molecular flexibility index (Phi) is 16.2. The maximum absolute atomic E-state index is 13.4. The highest BCUT2D eigenvalue weighted by Crippen LogP contribution is 2.48. The molecule has 0 unspecified atom stereocenters. The summed E-state index contributed by atoms with van der Waals surface area (Å²) in [6, 6.07) is 0. The number of carbonyl (C=O) groups is 4. The molecule has 0 amide bonds. The van der Waals surface area contributed by atoms with E-state index < -0.39 is 57.9 Å². The summed E-state index contributed by atoms with van der Waals surface area (Å²) in [5.74, 6) is -2.27. The average molecular weight is 716 g/mol. The SMILES string of the molecule is C[C@@H](Cn1cnc2c(N)ncnc21)OCP(=O)(OCOC(=O)OC1CCCCC1)OCOC(=O)OC1CCCCC1.O=C(O)/C=C/C(=O)O. The molecule has 2 aromatic heterocycles. The van der Waals surface area contributed by atoms with Gasteiger partial charge in [-0.1, -0.05) is 12.8 Å². The first-order valence-electron chi connectivity index (χ1n) is 15.7. The minimum absolute atomic E-state index is 0.216. The van der Waals surface area contributed by atoms with Crippen molar-refractivity contribution in [2.45, 2.75) is 96.0 Å². The number of nitrogen functional groups attached to an aromatic ring is 1. The Morgan fingerprint density at radius 2 is 1.39 bits per heavy atom. The second-order valence-corrected chi connectivity index (χ2v) is 13.1. The molecule has 0 aliphatic heterocycles. The zero-order valence-electron chi connectivity index (χ0n) is 27.0. The van der Waals surface area contributed by atoms with E-state index in [1.165, 1.54) is 6.33 Å². The third kappa shape index (κ3) is 14.8. The predicted molar refractivity (Wildman–Crippen MR) is 168 cm³/mol. The van der Waals surface area contributed by atoms with E-state index in [0.29, 0.717) is 23.3 Å². The second kappa shape index (κ2) is 20.3. The first kappa shape index (κ1) is 39.1. The zero-order valence-corrected chi connectivity index (χ0v) is 27.9. The van der Waals surface area contributed by atoms with Gasteiger partial charge in [-0.05, 0) is 58.3 Å². The quantitative estimate of drug-likeness (QED) is 0.0984. The molecule has 2 heterocycles. The van der Waals surface area contributed by atoms with Crippen LogP contribution in [0.2, 0.25) is 0 Å². The lowest BCUT2D eigenvalue weighted by Crippen LogP contribution is -2.23. The average Bonchev–Trinajstić information content (AvgIpc) is 3.48. The number of aromatic nitrogens is 4. The van der Waals surface area contributed by atoms with E-state index >= 15 is 0 Å². The summed E-state index contributed by atoms with van der Waals surface area (Å²) < 4.78 is 51.9. The van der Waals surface area contributed by atoms with Gasteiger partial charge in [0.1, 0.15) is 30.4 Å². The van der Waals surface area contributed by atoms with E-state index in [2.05, 4.69) is 15.0 Å². The van der Waals surface area contributed by atoms with Crippen LogP contribution in [0.5, 0.6) is 0 Å². The molecule has 0 spiro atoms.